The molecule has 0 N–H and O–H groups in total. The first-order chi connectivity index (χ1) is 7.10. The van der Waals surface area contributed by atoms with Gasteiger partial charge in [0, 0.05) is 6.42 Å². The average Bonchev–Trinajstić information content (AvgIpc) is 2.16. The van der Waals surface area contributed by atoms with E-state index in [0.717, 1.165) is 11.1 Å². The molecule has 3 heteroatoms. The van der Waals surface area contributed by atoms with Gasteiger partial charge in [-0.2, -0.15) is 12.6 Å². The highest BCUT2D eigenvalue weighted by atomic mass is 32.1. The third-order valence-electron chi connectivity index (χ3n) is 2.28. The van der Waals surface area contributed by atoms with E-state index in [1.54, 1.807) is 7.11 Å². The third kappa shape index (κ3) is 2.75. The average molecular weight is 224 g/mol. The number of aryl methyl sites for hydroxylation is 2. The molecule has 1 aromatic rings. The van der Waals surface area contributed by atoms with Crippen LogP contribution >= 0.6 is 12.6 Å². The number of hydrogen-bond acceptors (Lipinski definition) is 3. The molecule has 0 spiro atoms. The highest BCUT2D eigenvalue weighted by Gasteiger charge is 2.14. The molecular formula is C12H16O2S. The molecule has 15 heavy (non-hydrogen) atoms. The molecule has 0 amide bonds. The molecule has 0 bridgehead atoms. The van der Waals surface area contributed by atoms with E-state index in [0.29, 0.717) is 23.5 Å². The lowest BCUT2D eigenvalue weighted by molar-refractivity contribution is 0.0986. The van der Waals surface area contributed by atoms with Gasteiger partial charge in [0.05, 0.1) is 12.7 Å². The fraction of sp³-hybridized carbons (Fsp3) is 0.417. The van der Waals surface area contributed by atoms with E-state index in [2.05, 4.69) is 12.6 Å². The Morgan fingerprint density at radius 3 is 2.60 bits per heavy atom. The molecule has 0 aliphatic heterocycles. The third-order valence-corrected chi connectivity index (χ3v) is 2.50. The number of carbonyl (C=O) groups excluding carboxylic acids is 1. The first-order valence-electron chi connectivity index (χ1n) is 4.89. The van der Waals surface area contributed by atoms with Crippen LogP contribution in [0, 0.1) is 13.8 Å². The number of ketones is 1. The zero-order valence-electron chi connectivity index (χ0n) is 9.33. The Morgan fingerprint density at radius 1 is 1.40 bits per heavy atom. The minimum Gasteiger partial charge on any atom is -0.496 e. The molecule has 0 heterocycles. The van der Waals surface area contributed by atoms with Crippen molar-refractivity contribution in [2.24, 2.45) is 0 Å². The molecule has 0 saturated carbocycles. The summed E-state index contributed by atoms with van der Waals surface area (Å²) in [6, 6.07) is 3.88. The van der Waals surface area contributed by atoms with Crippen LogP contribution in [-0.2, 0) is 0 Å². The molecule has 0 aliphatic carbocycles. The van der Waals surface area contributed by atoms with Crippen LogP contribution in [0.25, 0.3) is 0 Å². The monoisotopic (exact) mass is 224 g/mol. The Labute approximate surface area is 96.1 Å². The molecule has 1 aromatic carbocycles. The van der Waals surface area contributed by atoms with Crippen molar-refractivity contribution in [3.8, 4) is 5.75 Å². The van der Waals surface area contributed by atoms with Crippen LogP contribution < -0.4 is 4.74 Å². The van der Waals surface area contributed by atoms with Crippen LogP contribution in [0.15, 0.2) is 12.1 Å². The molecule has 0 aliphatic rings. The number of thiol groups is 1. The zero-order chi connectivity index (χ0) is 11.4. The molecule has 2 nitrogen and oxygen atoms in total. The van der Waals surface area contributed by atoms with Crippen LogP contribution in [0.1, 0.15) is 27.9 Å². The summed E-state index contributed by atoms with van der Waals surface area (Å²) in [7, 11) is 1.59. The zero-order valence-corrected chi connectivity index (χ0v) is 10.2. The first-order valence-corrected chi connectivity index (χ1v) is 5.52. The maximum absolute atomic E-state index is 11.8. The van der Waals surface area contributed by atoms with E-state index < -0.39 is 0 Å². The molecule has 0 fully saturated rings. The predicted molar refractivity (Wildman–Crippen MR) is 65.3 cm³/mol. The van der Waals surface area contributed by atoms with Gasteiger partial charge >= 0.3 is 0 Å². The fourth-order valence-corrected chi connectivity index (χ4v) is 1.88. The summed E-state index contributed by atoms with van der Waals surface area (Å²) in [5.74, 6) is 1.33. The second kappa shape index (κ2) is 5.21. The van der Waals surface area contributed by atoms with Crippen molar-refractivity contribution in [2.45, 2.75) is 20.3 Å². The quantitative estimate of drug-likeness (QED) is 0.628. The van der Waals surface area contributed by atoms with Crippen molar-refractivity contribution in [2.75, 3.05) is 12.9 Å². The van der Waals surface area contributed by atoms with Crippen molar-refractivity contribution in [1.29, 1.82) is 0 Å². The molecule has 0 atom stereocenters. The second-order valence-corrected chi connectivity index (χ2v) is 4.00. The van der Waals surface area contributed by atoms with Gasteiger partial charge in [0.15, 0.2) is 5.78 Å². The molecule has 0 aromatic heterocycles. The lowest BCUT2D eigenvalue weighted by atomic mass is 9.99. The van der Waals surface area contributed by atoms with Gasteiger partial charge in [-0.05, 0) is 36.8 Å². The maximum Gasteiger partial charge on any atom is 0.167 e. The lowest BCUT2D eigenvalue weighted by Crippen LogP contribution is -2.06. The summed E-state index contributed by atoms with van der Waals surface area (Å²) >= 11 is 4.07. The van der Waals surface area contributed by atoms with E-state index in [1.165, 1.54) is 0 Å². The number of Topliss-reactive ketones (excluding diaryl/α,β-unsaturated/α-hetero) is 1. The van der Waals surface area contributed by atoms with Gasteiger partial charge in [0.25, 0.3) is 0 Å². The SMILES string of the molecule is COc1cc(C)cc(C)c1C(=O)CCS. The Hall–Kier alpha value is -0.960. The van der Waals surface area contributed by atoms with Gasteiger partial charge in [-0.1, -0.05) is 6.07 Å². The number of benzene rings is 1. The van der Waals surface area contributed by atoms with Crippen LogP contribution in [0.3, 0.4) is 0 Å². The Kier molecular flexibility index (Phi) is 4.21. The highest BCUT2D eigenvalue weighted by molar-refractivity contribution is 7.80. The number of methoxy groups -OCH3 is 1. The lowest BCUT2D eigenvalue weighted by Gasteiger charge is -2.11. The van der Waals surface area contributed by atoms with E-state index in [-0.39, 0.29) is 5.78 Å². The van der Waals surface area contributed by atoms with Crippen molar-refractivity contribution >= 4 is 18.4 Å². The van der Waals surface area contributed by atoms with Gasteiger partial charge in [-0.25, -0.2) is 0 Å². The highest BCUT2D eigenvalue weighted by Crippen LogP contribution is 2.25. The van der Waals surface area contributed by atoms with Crippen molar-refractivity contribution in [3.05, 3.63) is 28.8 Å². The molecule has 0 unspecified atom stereocenters. The Morgan fingerprint density at radius 2 is 2.07 bits per heavy atom. The molecule has 1 rings (SSSR count). The smallest absolute Gasteiger partial charge is 0.167 e. The molecule has 0 radical (unpaired) electrons. The molecule has 0 saturated heterocycles. The van der Waals surface area contributed by atoms with Crippen LogP contribution in [0.2, 0.25) is 0 Å². The van der Waals surface area contributed by atoms with Gasteiger partial charge in [0.1, 0.15) is 5.75 Å². The Bertz CT molecular complexity index is 372. The predicted octanol–water partition coefficient (Wildman–Crippen LogP) is 2.81. The molecule has 82 valence electrons. The van der Waals surface area contributed by atoms with E-state index in [1.807, 2.05) is 26.0 Å². The van der Waals surface area contributed by atoms with E-state index >= 15 is 0 Å². The van der Waals surface area contributed by atoms with Crippen molar-refractivity contribution in [3.63, 3.8) is 0 Å². The minimum absolute atomic E-state index is 0.0966. The summed E-state index contributed by atoms with van der Waals surface area (Å²) in [5.41, 5.74) is 2.77. The van der Waals surface area contributed by atoms with Crippen LogP contribution in [0.5, 0.6) is 5.75 Å². The van der Waals surface area contributed by atoms with Crippen molar-refractivity contribution < 1.29 is 9.53 Å². The van der Waals surface area contributed by atoms with Gasteiger partial charge in [0.2, 0.25) is 0 Å². The van der Waals surface area contributed by atoms with Crippen molar-refractivity contribution in [1.82, 2.24) is 0 Å². The Balaban J connectivity index is 3.20. The van der Waals surface area contributed by atoms with Gasteiger partial charge in [-0.15, -0.1) is 0 Å². The summed E-state index contributed by atoms with van der Waals surface area (Å²) in [6.07, 6.45) is 0.448. The topological polar surface area (TPSA) is 26.3 Å². The van der Waals surface area contributed by atoms with Crippen LogP contribution in [-0.4, -0.2) is 18.6 Å². The fourth-order valence-electron chi connectivity index (χ4n) is 1.67. The number of hydrogen-bond donors (Lipinski definition) is 1. The number of carbonyl (C=O) groups is 1. The number of rotatable bonds is 4. The largest absolute Gasteiger partial charge is 0.496 e. The standard InChI is InChI=1S/C12H16O2S/c1-8-6-9(2)12(10(13)4-5-15)11(7-8)14-3/h6-7,15H,4-5H2,1-3H3. The molecular weight excluding hydrogens is 208 g/mol. The first kappa shape index (κ1) is 12.1. The maximum atomic E-state index is 11.8. The van der Waals surface area contributed by atoms with E-state index in [9.17, 15) is 4.79 Å². The second-order valence-electron chi connectivity index (χ2n) is 3.56. The minimum atomic E-state index is 0.0966. The number of ether oxygens (including phenoxy) is 1. The van der Waals surface area contributed by atoms with Gasteiger partial charge < -0.3 is 4.74 Å². The summed E-state index contributed by atoms with van der Waals surface area (Å²) in [4.78, 5) is 11.8. The summed E-state index contributed by atoms with van der Waals surface area (Å²) < 4.78 is 5.23. The normalized spacial score (nSPS) is 10.1. The van der Waals surface area contributed by atoms with Crippen LogP contribution in [0.4, 0.5) is 0 Å². The van der Waals surface area contributed by atoms with Gasteiger partial charge in [-0.3, -0.25) is 4.79 Å². The summed E-state index contributed by atoms with van der Waals surface area (Å²) in [5, 5.41) is 0. The summed E-state index contributed by atoms with van der Waals surface area (Å²) in [6.45, 7) is 3.92. The van der Waals surface area contributed by atoms with E-state index in [4.69, 9.17) is 4.74 Å².